The zero-order valence-corrected chi connectivity index (χ0v) is 28.6. The van der Waals surface area contributed by atoms with Crippen LogP contribution in [0.25, 0.3) is 0 Å². The molecule has 2 aromatic heterocycles. The summed E-state index contributed by atoms with van der Waals surface area (Å²) < 4.78 is 44.6. The number of carbonyl (C=O) groups is 2. The molecule has 5 rings (SSSR count). The van der Waals surface area contributed by atoms with Crippen LogP contribution in [0.15, 0.2) is 46.9 Å². The van der Waals surface area contributed by atoms with E-state index >= 15 is 0 Å². The van der Waals surface area contributed by atoms with Crippen molar-refractivity contribution in [2.75, 3.05) is 46.9 Å². The number of alkyl halides is 3. The van der Waals surface area contributed by atoms with Crippen LogP contribution in [0.2, 0.25) is 0 Å². The van der Waals surface area contributed by atoms with Gasteiger partial charge in [-0.25, -0.2) is 9.78 Å². The highest BCUT2D eigenvalue weighted by atomic mass is 32.1. The average Bonchev–Trinajstić information content (AvgIpc) is 3.83. The van der Waals surface area contributed by atoms with Gasteiger partial charge in [0, 0.05) is 43.0 Å². The van der Waals surface area contributed by atoms with Gasteiger partial charge in [-0.2, -0.15) is 18.3 Å². The van der Waals surface area contributed by atoms with Crippen molar-refractivity contribution >= 4 is 29.0 Å². The van der Waals surface area contributed by atoms with Crippen molar-refractivity contribution in [3.8, 4) is 0 Å². The molecule has 2 amide bonds. The van der Waals surface area contributed by atoms with Crippen molar-refractivity contribution in [1.29, 1.82) is 0 Å². The van der Waals surface area contributed by atoms with E-state index in [9.17, 15) is 22.8 Å². The maximum absolute atomic E-state index is 12.9. The zero-order valence-electron chi connectivity index (χ0n) is 27.8. The Morgan fingerprint density at radius 2 is 1.90 bits per heavy atom. The second-order valence-corrected chi connectivity index (χ2v) is 12.9. The van der Waals surface area contributed by atoms with Crippen LogP contribution in [0.4, 0.5) is 18.0 Å². The van der Waals surface area contributed by atoms with Crippen LogP contribution >= 0.6 is 11.3 Å². The Balaban J connectivity index is 0.000000341. The number of hydrogen-bond donors (Lipinski definition) is 1. The number of aryl methyl sites for hydroxylation is 1. The molecule has 1 atom stereocenters. The molecule has 48 heavy (non-hydrogen) atoms. The zero-order chi connectivity index (χ0) is 34.7. The van der Waals surface area contributed by atoms with Gasteiger partial charge in [0.2, 0.25) is 5.91 Å². The number of oxime groups is 1. The summed E-state index contributed by atoms with van der Waals surface area (Å²) in [5.74, 6) is 0.00142. The van der Waals surface area contributed by atoms with Gasteiger partial charge in [0.05, 0.1) is 17.3 Å². The van der Waals surface area contributed by atoms with E-state index < -0.39 is 11.9 Å². The number of amides is 2. The van der Waals surface area contributed by atoms with E-state index in [0.29, 0.717) is 38.4 Å². The summed E-state index contributed by atoms with van der Waals surface area (Å²) in [5.41, 5.74) is 2.08. The van der Waals surface area contributed by atoms with Crippen LogP contribution in [-0.2, 0) is 27.1 Å². The first kappa shape index (κ1) is 36.8. The van der Waals surface area contributed by atoms with E-state index in [1.54, 1.807) is 16.2 Å². The minimum Gasteiger partial charge on any atom is -0.450 e. The second-order valence-electron chi connectivity index (χ2n) is 12.0. The van der Waals surface area contributed by atoms with Gasteiger partial charge in [-0.1, -0.05) is 42.4 Å². The number of rotatable bonds is 11. The summed E-state index contributed by atoms with van der Waals surface area (Å²) in [7, 11) is 4.02. The molecule has 1 aromatic carbocycles. The van der Waals surface area contributed by atoms with Gasteiger partial charge in [-0.3, -0.25) is 9.48 Å². The average molecular weight is 692 g/mol. The third kappa shape index (κ3) is 10.8. The van der Waals surface area contributed by atoms with Gasteiger partial charge < -0.3 is 24.7 Å². The predicted molar refractivity (Wildman–Crippen MR) is 177 cm³/mol. The summed E-state index contributed by atoms with van der Waals surface area (Å²) in [6.07, 6.45) is -0.942. The quantitative estimate of drug-likeness (QED) is 0.245. The number of aromatic nitrogens is 3. The van der Waals surface area contributed by atoms with Crippen molar-refractivity contribution in [2.24, 2.45) is 5.16 Å². The monoisotopic (exact) mass is 691 g/mol. The largest absolute Gasteiger partial charge is 0.450 e. The highest BCUT2D eigenvalue weighted by Crippen LogP contribution is 2.34. The third-order valence-electron chi connectivity index (χ3n) is 7.90. The first-order chi connectivity index (χ1) is 22.9. The first-order valence-corrected chi connectivity index (χ1v) is 17.0. The van der Waals surface area contributed by atoms with Crippen molar-refractivity contribution in [2.45, 2.75) is 70.7 Å². The molecule has 1 saturated heterocycles. The first-order valence-electron chi connectivity index (χ1n) is 16.1. The van der Waals surface area contributed by atoms with Crippen LogP contribution in [0.1, 0.15) is 78.7 Å². The number of nitrogens with one attached hydrogen (secondary N) is 1. The van der Waals surface area contributed by atoms with E-state index in [-0.39, 0.29) is 30.6 Å². The fourth-order valence-corrected chi connectivity index (χ4v) is 6.23. The Morgan fingerprint density at radius 1 is 1.17 bits per heavy atom. The van der Waals surface area contributed by atoms with Crippen LogP contribution in [0.5, 0.6) is 0 Å². The minimum absolute atomic E-state index is 0.101. The van der Waals surface area contributed by atoms with E-state index in [0.717, 1.165) is 65.0 Å². The molecule has 1 fully saturated rings. The third-order valence-corrected chi connectivity index (χ3v) is 8.91. The SMILES string of the molecule is CCCOC(=O)NCCCN(C)C.Cc1cc(C(F)(F)F)nn1CC(=O)N1CCC(c2nc(C3=NOC(c4ccccc4)C3)cs2)CC1. The molecule has 1 unspecified atom stereocenters. The molecular weight excluding hydrogens is 647 g/mol. The normalized spacial score (nSPS) is 16.6. The summed E-state index contributed by atoms with van der Waals surface area (Å²) in [6.45, 7) is 6.52. The molecule has 262 valence electrons. The van der Waals surface area contributed by atoms with Crippen LogP contribution in [-0.4, -0.2) is 89.2 Å². The Hall–Kier alpha value is -3.98. The standard InChI is InChI=1S/C24H24F3N5O2S.C9H20N2O2/c1-15-11-21(24(25,26)27)29-32(15)13-22(33)31-9-7-17(8-10-31)23-28-19(14-35-23)18-12-20(34-30-18)16-5-3-2-4-6-16;1-4-8-13-9(12)10-6-5-7-11(2)3/h2-6,11,14,17,20H,7-10,12-13H2,1H3;4-8H2,1-3H3,(H,10,12). The van der Waals surface area contributed by atoms with Crippen LogP contribution < -0.4 is 5.32 Å². The number of piperidine rings is 1. The Bertz CT molecular complexity index is 1500. The number of halogens is 3. The fourth-order valence-electron chi connectivity index (χ4n) is 5.23. The number of hydrogen-bond acceptors (Lipinski definition) is 9. The lowest BCUT2D eigenvalue weighted by molar-refractivity contribution is -0.142. The molecule has 1 N–H and O–H groups in total. The van der Waals surface area contributed by atoms with Gasteiger partial charge in [0.15, 0.2) is 11.8 Å². The Kier molecular flexibility index (Phi) is 13.4. The molecule has 0 saturated carbocycles. The van der Waals surface area contributed by atoms with E-state index in [2.05, 4.69) is 20.5 Å². The van der Waals surface area contributed by atoms with Gasteiger partial charge in [0.1, 0.15) is 12.3 Å². The number of benzene rings is 1. The van der Waals surface area contributed by atoms with Gasteiger partial charge in [0.25, 0.3) is 0 Å². The lowest BCUT2D eigenvalue weighted by Crippen LogP contribution is -2.40. The molecule has 3 aromatic rings. The summed E-state index contributed by atoms with van der Waals surface area (Å²) in [4.78, 5) is 37.8. The lowest BCUT2D eigenvalue weighted by Gasteiger charge is -2.31. The molecule has 2 aliphatic rings. The maximum atomic E-state index is 12.9. The van der Waals surface area contributed by atoms with Gasteiger partial charge in [-0.15, -0.1) is 11.3 Å². The summed E-state index contributed by atoms with van der Waals surface area (Å²) in [6, 6.07) is 10.9. The van der Waals surface area contributed by atoms with E-state index in [1.807, 2.05) is 56.7 Å². The van der Waals surface area contributed by atoms with Crippen LogP contribution in [0, 0.1) is 6.92 Å². The van der Waals surface area contributed by atoms with Crippen LogP contribution in [0.3, 0.4) is 0 Å². The van der Waals surface area contributed by atoms with Crippen molar-refractivity contribution in [1.82, 2.24) is 29.9 Å². The number of alkyl carbamates (subject to hydrolysis) is 1. The topological polar surface area (TPSA) is 114 Å². The maximum Gasteiger partial charge on any atom is 0.435 e. The summed E-state index contributed by atoms with van der Waals surface area (Å²) in [5, 5.41) is 13.5. The van der Waals surface area contributed by atoms with Gasteiger partial charge in [-0.05, 0) is 64.9 Å². The molecule has 0 radical (unpaired) electrons. The minimum atomic E-state index is -4.53. The Morgan fingerprint density at radius 3 is 2.54 bits per heavy atom. The number of likely N-dealkylation sites (tertiary alicyclic amines) is 1. The van der Waals surface area contributed by atoms with Crippen molar-refractivity contribution in [3.05, 3.63) is 69.4 Å². The fraction of sp³-hybridized carbons (Fsp3) is 0.545. The lowest BCUT2D eigenvalue weighted by atomic mass is 9.97. The molecule has 0 spiro atoms. The molecule has 15 heteroatoms. The number of ether oxygens (including phenoxy) is 1. The van der Waals surface area contributed by atoms with Gasteiger partial charge >= 0.3 is 12.3 Å². The molecule has 4 heterocycles. The predicted octanol–water partition coefficient (Wildman–Crippen LogP) is 6.01. The summed E-state index contributed by atoms with van der Waals surface area (Å²) >= 11 is 1.59. The highest BCUT2D eigenvalue weighted by Gasteiger charge is 2.35. The molecule has 0 aliphatic carbocycles. The van der Waals surface area contributed by atoms with Crippen molar-refractivity contribution in [3.63, 3.8) is 0 Å². The molecule has 0 bridgehead atoms. The molecule has 2 aliphatic heterocycles. The molecule has 11 nitrogen and oxygen atoms in total. The Labute approximate surface area is 283 Å². The van der Waals surface area contributed by atoms with Crippen molar-refractivity contribution < 1.29 is 32.3 Å². The smallest absolute Gasteiger partial charge is 0.435 e. The van der Waals surface area contributed by atoms with E-state index in [1.165, 1.54) is 6.92 Å². The number of carbonyl (C=O) groups excluding carboxylic acids is 2. The van der Waals surface area contributed by atoms with E-state index in [4.69, 9.17) is 14.6 Å². The number of thiazole rings is 1. The number of nitrogens with zero attached hydrogens (tertiary/aromatic N) is 6. The molecular formula is C33H44F3N7O4S. The highest BCUT2D eigenvalue weighted by molar-refractivity contribution is 7.10. The second kappa shape index (κ2) is 17.4.